The third-order valence-corrected chi connectivity index (χ3v) is 4.79. The van der Waals surface area contributed by atoms with Crippen molar-refractivity contribution in [2.45, 2.75) is 53.0 Å². The van der Waals surface area contributed by atoms with E-state index in [2.05, 4.69) is 64.2 Å². The average Bonchev–Trinajstić information content (AvgIpc) is 2.87. The second-order valence-electron chi connectivity index (χ2n) is 6.35. The van der Waals surface area contributed by atoms with Gasteiger partial charge in [-0.1, -0.05) is 58.9 Å². The van der Waals surface area contributed by atoms with Crippen LogP contribution >= 0.6 is 11.3 Å². The van der Waals surface area contributed by atoms with E-state index in [1.807, 2.05) is 11.3 Å². The molecular weight excluding hydrogens is 276 g/mol. The van der Waals surface area contributed by atoms with E-state index < -0.39 is 0 Å². The quantitative estimate of drug-likeness (QED) is 0.859. The summed E-state index contributed by atoms with van der Waals surface area (Å²) in [6.45, 7) is 13.0. The van der Waals surface area contributed by atoms with E-state index in [4.69, 9.17) is 4.98 Å². The zero-order chi connectivity index (χ0) is 15.5. The Morgan fingerprint density at radius 3 is 2.29 bits per heavy atom. The standard InChI is InChI=1S/C18H26N2S/c1-6-15-16(12-19-7-2)21-17(20-15)13-8-10-14(11-9-13)18(3,4)5/h8-11,19H,6-7,12H2,1-5H3. The molecule has 0 fully saturated rings. The Balaban J connectivity index is 2.27. The molecule has 3 heteroatoms. The maximum atomic E-state index is 4.82. The average molecular weight is 302 g/mol. The number of aromatic nitrogens is 1. The van der Waals surface area contributed by atoms with Crippen molar-refractivity contribution in [1.82, 2.24) is 10.3 Å². The van der Waals surface area contributed by atoms with Crippen LogP contribution in [-0.2, 0) is 18.4 Å². The minimum absolute atomic E-state index is 0.201. The van der Waals surface area contributed by atoms with Crippen LogP contribution in [0.2, 0.25) is 0 Å². The second-order valence-corrected chi connectivity index (χ2v) is 7.43. The molecular formula is C18H26N2S. The zero-order valence-electron chi connectivity index (χ0n) is 13.8. The molecule has 1 aromatic carbocycles. The Morgan fingerprint density at radius 1 is 1.10 bits per heavy atom. The molecule has 0 atom stereocenters. The molecule has 0 saturated carbocycles. The van der Waals surface area contributed by atoms with Crippen LogP contribution in [0.5, 0.6) is 0 Å². The molecule has 0 spiro atoms. The molecule has 0 aliphatic heterocycles. The molecule has 0 unspecified atom stereocenters. The summed E-state index contributed by atoms with van der Waals surface area (Å²) in [5.41, 5.74) is 4.03. The van der Waals surface area contributed by atoms with E-state index in [0.717, 1.165) is 24.5 Å². The molecule has 0 aliphatic rings. The number of benzene rings is 1. The summed E-state index contributed by atoms with van der Waals surface area (Å²) in [4.78, 5) is 6.19. The molecule has 1 N–H and O–H groups in total. The topological polar surface area (TPSA) is 24.9 Å². The van der Waals surface area contributed by atoms with Crippen molar-refractivity contribution in [3.8, 4) is 10.6 Å². The number of hydrogen-bond acceptors (Lipinski definition) is 3. The Morgan fingerprint density at radius 2 is 1.76 bits per heavy atom. The second kappa shape index (κ2) is 6.71. The summed E-state index contributed by atoms with van der Waals surface area (Å²) < 4.78 is 0. The first-order chi connectivity index (χ1) is 9.95. The molecule has 0 saturated heterocycles. The van der Waals surface area contributed by atoms with Gasteiger partial charge < -0.3 is 5.32 Å². The van der Waals surface area contributed by atoms with Crippen LogP contribution in [0.1, 0.15) is 50.8 Å². The minimum Gasteiger partial charge on any atom is -0.312 e. The lowest BCUT2D eigenvalue weighted by atomic mass is 9.87. The SMILES string of the molecule is CCNCc1sc(-c2ccc(C(C)(C)C)cc2)nc1CC. The number of hydrogen-bond donors (Lipinski definition) is 1. The van der Waals surface area contributed by atoms with Gasteiger partial charge in [-0.2, -0.15) is 0 Å². The van der Waals surface area contributed by atoms with E-state index in [1.54, 1.807) is 0 Å². The summed E-state index contributed by atoms with van der Waals surface area (Å²) in [5, 5.41) is 4.54. The first-order valence-electron chi connectivity index (χ1n) is 7.76. The molecule has 2 rings (SSSR count). The van der Waals surface area contributed by atoms with Crippen molar-refractivity contribution in [2.24, 2.45) is 0 Å². The molecule has 0 radical (unpaired) electrons. The van der Waals surface area contributed by atoms with Gasteiger partial charge in [0.15, 0.2) is 0 Å². The summed E-state index contributed by atoms with van der Waals surface area (Å²) >= 11 is 1.82. The highest BCUT2D eigenvalue weighted by Crippen LogP contribution is 2.30. The van der Waals surface area contributed by atoms with E-state index in [0.29, 0.717) is 0 Å². The highest BCUT2D eigenvalue weighted by molar-refractivity contribution is 7.15. The van der Waals surface area contributed by atoms with Crippen molar-refractivity contribution >= 4 is 11.3 Å². The largest absolute Gasteiger partial charge is 0.312 e. The lowest BCUT2D eigenvalue weighted by molar-refractivity contribution is 0.590. The van der Waals surface area contributed by atoms with Crippen LogP contribution in [0.15, 0.2) is 24.3 Å². The number of nitrogens with zero attached hydrogens (tertiary/aromatic N) is 1. The van der Waals surface area contributed by atoms with Gasteiger partial charge in [-0.05, 0) is 23.9 Å². The molecule has 2 nitrogen and oxygen atoms in total. The number of thiazole rings is 1. The van der Waals surface area contributed by atoms with Crippen LogP contribution in [-0.4, -0.2) is 11.5 Å². The van der Waals surface area contributed by atoms with Gasteiger partial charge in [-0.15, -0.1) is 11.3 Å². The first-order valence-corrected chi connectivity index (χ1v) is 8.57. The van der Waals surface area contributed by atoms with Gasteiger partial charge >= 0.3 is 0 Å². The highest BCUT2D eigenvalue weighted by atomic mass is 32.1. The van der Waals surface area contributed by atoms with Crippen LogP contribution < -0.4 is 5.32 Å². The molecule has 1 aromatic heterocycles. The predicted octanol–water partition coefficient (Wildman–Crippen LogP) is 4.78. The van der Waals surface area contributed by atoms with E-state index in [9.17, 15) is 0 Å². The van der Waals surface area contributed by atoms with Gasteiger partial charge in [0, 0.05) is 17.0 Å². The Hall–Kier alpha value is -1.19. The van der Waals surface area contributed by atoms with Crippen LogP contribution in [0, 0.1) is 0 Å². The molecule has 0 bridgehead atoms. The van der Waals surface area contributed by atoms with E-state index in [-0.39, 0.29) is 5.41 Å². The van der Waals surface area contributed by atoms with Gasteiger partial charge in [-0.3, -0.25) is 0 Å². The van der Waals surface area contributed by atoms with Crippen molar-refractivity contribution in [3.05, 3.63) is 40.4 Å². The van der Waals surface area contributed by atoms with E-state index >= 15 is 0 Å². The Kier molecular flexibility index (Phi) is 5.17. The number of rotatable bonds is 5. The summed E-state index contributed by atoms with van der Waals surface area (Å²) in [6, 6.07) is 8.87. The van der Waals surface area contributed by atoms with Crippen LogP contribution in [0.25, 0.3) is 10.6 Å². The summed E-state index contributed by atoms with van der Waals surface area (Å²) in [7, 11) is 0. The zero-order valence-corrected chi connectivity index (χ0v) is 14.6. The Labute approximate surface area is 132 Å². The van der Waals surface area contributed by atoms with Crippen LogP contribution in [0.4, 0.5) is 0 Å². The minimum atomic E-state index is 0.201. The van der Waals surface area contributed by atoms with Crippen molar-refractivity contribution in [2.75, 3.05) is 6.54 Å². The monoisotopic (exact) mass is 302 g/mol. The van der Waals surface area contributed by atoms with Crippen molar-refractivity contribution in [1.29, 1.82) is 0 Å². The molecule has 2 aromatic rings. The van der Waals surface area contributed by atoms with Crippen molar-refractivity contribution < 1.29 is 0 Å². The third kappa shape index (κ3) is 3.92. The fourth-order valence-corrected chi connectivity index (χ4v) is 3.40. The lowest BCUT2D eigenvalue weighted by Crippen LogP contribution is -2.11. The fraction of sp³-hybridized carbons (Fsp3) is 0.500. The fourth-order valence-electron chi connectivity index (χ4n) is 2.27. The smallest absolute Gasteiger partial charge is 0.123 e. The van der Waals surface area contributed by atoms with Gasteiger partial charge in [-0.25, -0.2) is 4.98 Å². The Bertz CT molecular complexity index is 576. The number of aryl methyl sites for hydroxylation is 1. The summed E-state index contributed by atoms with van der Waals surface area (Å²) in [6.07, 6.45) is 0.997. The molecule has 114 valence electrons. The molecule has 1 heterocycles. The number of nitrogens with one attached hydrogen (secondary N) is 1. The van der Waals surface area contributed by atoms with Gasteiger partial charge in [0.2, 0.25) is 0 Å². The summed E-state index contributed by atoms with van der Waals surface area (Å²) in [5.74, 6) is 0. The first kappa shape index (κ1) is 16.2. The maximum Gasteiger partial charge on any atom is 0.123 e. The molecule has 21 heavy (non-hydrogen) atoms. The highest BCUT2D eigenvalue weighted by Gasteiger charge is 2.15. The molecule has 0 aliphatic carbocycles. The van der Waals surface area contributed by atoms with Crippen LogP contribution in [0.3, 0.4) is 0 Å². The van der Waals surface area contributed by atoms with Gasteiger partial charge in [0.1, 0.15) is 5.01 Å². The maximum absolute atomic E-state index is 4.82. The van der Waals surface area contributed by atoms with Gasteiger partial charge in [0.05, 0.1) is 5.69 Å². The normalized spacial score (nSPS) is 11.9. The lowest BCUT2D eigenvalue weighted by Gasteiger charge is -2.18. The third-order valence-electron chi connectivity index (χ3n) is 3.65. The van der Waals surface area contributed by atoms with Gasteiger partial charge in [0.25, 0.3) is 0 Å². The van der Waals surface area contributed by atoms with Crippen molar-refractivity contribution in [3.63, 3.8) is 0 Å². The van der Waals surface area contributed by atoms with E-state index in [1.165, 1.54) is 21.7 Å². The molecule has 0 amide bonds. The predicted molar refractivity (Wildman–Crippen MR) is 93.0 cm³/mol.